The second kappa shape index (κ2) is 5.30. The van der Waals surface area contributed by atoms with Gasteiger partial charge in [-0.15, -0.1) is 11.3 Å². The molecule has 0 aliphatic carbocycles. The SMILES string of the molecule is CCCC(C)CC(=O)c1sccc1C. The first kappa shape index (κ1) is 11.4. The zero-order chi connectivity index (χ0) is 10.6. The molecule has 1 atom stereocenters. The van der Waals surface area contributed by atoms with Crippen LogP contribution in [0.4, 0.5) is 0 Å². The highest BCUT2D eigenvalue weighted by atomic mass is 32.1. The van der Waals surface area contributed by atoms with Gasteiger partial charge in [-0.3, -0.25) is 4.79 Å². The number of Topliss-reactive ketones (excluding diaryl/α,β-unsaturated/α-hetero) is 1. The molecule has 14 heavy (non-hydrogen) atoms. The van der Waals surface area contributed by atoms with Crippen LogP contribution in [0.3, 0.4) is 0 Å². The first-order valence-electron chi connectivity index (χ1n) is 5.22. The van der Waals surface area contributed by atoms with Gasteiger partial charge in [0, 0.05) is 6.42 Å². The Bertz CT molecular complexity index is 301. The summed E-state index contributed by atoms with van der Waals surface area (Å²) in [6, 6.07) is 2.02. The van der Waals surface area contributed by atoms with Crippen LogP contribution in [0, 0.1) is 12.8 Å². The molecule has 0 aliphatic rings. The topological polar surface area (TPSA) is 17.1 Å². The van der Waals surface area contributed by atoms with Crippen molar-refractivity contribution in [2.24, 2.45) is 5.92 Å². The maximum Gasteiger partial charge on any atom is 0.173 e. The van der Waals surface area contributed by atoms with Crippen LogP contribution in [-0.4, -0.2) is 5.78 Å². The number of thiophene rings is 1. The minimum Gasteiger partial charge on any atom is -0.293 e. The van der Waals surface area contributed by atoms with Crippen LogP contribution >= 0.6 is 11.3 Å². The van der Waals surface area contributed by atoms with Crippen LogP contribution in [-0.2, 0) is 0 Å². The largest absolute Gasteiger partial charge is 0.293 e. The van der Waals surface area contributed by atoms with Gasteiger partial charge in [0.25, 0.3) is 0 Å². The van der Waals surface area contributed by atoms with E-state index in [1.54, 1.807) is 11.3 Å². The third-order valence-corrected chi connectivity index (χ3v) is 3.49. The molecule has 1 nitrogen and oxygen atoms in total. The van der Waals surface area contributed by atoms with Crippen molar-refractivity contribution in [3.8, 4) is 0 Å². The number of hydrogen-bond acceptors (Lipinski definition) is 2. The third kappa shape index (κ3) is 2.95. The van der Waals surface area contributed by atoms with Crippen molar-refractivity contribution < 1.29 is 4.79 Å². The second-order valence-electron chi connectivity index (χ2n) is 3.95. The molecule has 0 saturated carbocycles. The maximum atomic E-state index is 11.8. The quantitative estimate of drug-likeness (QED) is 0.670. The van der Waals surface area contributed by atoms with Crippen molar-refractivity contribution in [1.82, 2.24) is 0 Å². The van der Waals surface area contributed by atoms with Gasteiger partial charge in [0.05, 0.1) is 4.88 Å². The second-order valence-corrected chi connectivity index (χ2v) is 4.87. The summed E-state index contributed by atoms with van der Waals surface area (Å²) in [5.41, 5.74) is 1.13. The molecule has 78 valence electrons. The van der Waals surface area contributed by atoms with E-state index < -0.39 is 0 Å². The highest BCUT2D eigenvalue weighted by Crippen LogP contribution is 2.21. The van der Waals surface area contributed by atoms with E-state index in [9.17, 15) is 4.79 Å². The van der Waals surface area contributed by atoms with E-state index in [1.807, 2.05) is 18.4 Å². The highest BCUT2D eigenvalue weighted by molar-refractivity contribution is 7.12. The molecular weight excluding hydrogens is 192 g/mol. The Morgan fingerprint density at radius 3 is 2.79 bits per heavy atom. The van der Waals surface area contributed by atoms with Gasteiger partial charge < -0.3 is 0 Å². The molecule has 0 aliphatic heterocycles. The Labute approximate surface area is 90.2 Å². The molecule has 0 saturated heterocycles. The average Bonchev–Trinajstić information content (AvgIpc) is 2.51. The van der Waals surface area contributed by atoms with Gasteiger partial charge in [0.1, 0.15) is 0 Å². The summed E-state index contributed by atoms with van der Waals surface area (Å²) in [5, 5.41) is 1.99. The van der Waals surface area contributed by atoms with E-state index in [0.29, 0.717) is 18.1 Å². The first-order chi connectivity index (χ1) is 6.65. The van der Waals surface area contributed by atoms with E-state index in [2.05, 4.69) is 13.8 Å². The van der Waals surface area contributed by atoms with E-state index >= 15 is 0 Å². The number of aryl methyl sites for hydroxylation is 1. The molecule has 0 N–H and O–H groups in total. The van der Waals surface area contributed by atoms with E-state index in [0.717, 1.165) is 23.3 Å². The molecule has 0 amide bonds. The highest BCUT2D eigenvalue weighted by Gasteiger charge is 2.13. The smallest absolute Gasteiger partial charge is 0.173 e. The van der Waals surface area contributed by atoms with Crippen LogP contribution in [0.15, 0.2) is 11.4 Å². The average molecular weight is 210 g/mol. The molecule has 1 unspecified atom stereocenters. The number of carbonyl (C=O) groups is 1. The van der Waals surface area contributed by atoms with Crippen molar-refractivity contribution in [2.45, 2.75) is 40.0 Å². The Hall–Kier alpha value is -0.630. The van der Waals surface area contributed by atoms with Gasteiger partial charge in [-0.05, 0) is 29.9 Å². The number of rotatable bonds is 5. The number of ketones is 1. The molecule has 0 bridgehead atoms. The zero-order valence-electron chi connectivity index (χ0n) is 9.17. The fourth-order valence-electron chi connectivity index (χ4n) is 1.66. The molecule has 0 aromatic carbocycles. The van der Waals surface area contributed by atoms with E-state index in [4.69, 9.17) is 0 Å². The van der Waals surface area contributed by atoms with Crippen molar-refractivity contribution in [3.63, 3.8) is 0 Å². The zero-order valence-corrected chi connectivity index (χ0v) is 9.99. The lowest BCUT2D eigenvalue weighted by molar-refractivity contribution is 0.0966. The monoisotopic (exact) mass is 210 g/mol. The van der Waals surface area contributed by atoms with Gasteiger partial charge in [0.15, 0.2) is 5.78 Å². The van der Waals surface area contributed by atoms with Gasteiger partial charge in [0.2, 0.25) is 0 Å². The first-order valence-corrected chi connectivity index (χ1v) is 6.10. The normalized spacial score (nSPS) is 12.8. The van der Waals surface area contributed by atoms with Gasteiger partial charge in [-0.1, -0.05) is 26.7 Å². The van der Waals surface area contributed by atoms with Crippen molar-refractivity contribution >= 4 is 17.1 Å². The summed E-state index contributed by atoms with van der Waals surface area (Å²) in [6.45, 7) is 6.33. The van der Waals surface area contributed by atoms with Crippen LogP contribution < -0.4 is 0 Å². The Morgan fingerprint density at radius 1 is 1.57 bits per heavy atom. The summed E-state index contributed by atoms with van der Waals surface area (Å²) in [4.78, 5) is 12.8. The van der Waals surface area contributed by atoms with Crippen LogP contribution in [0.2, 0.25) is 0 Å². The molecule has 0 fully saturated rings. The van der Waals surface area contributed by atoms with E-state index in [1.165, 1.54) is 0 Å². The molecular formula is C12H18OS. The summed E-state index contributed by atoms with van der Waals surface area (Å²) < 4.78 is 0. The molecule has 1 aromatic rings. The third-order valence-electron chi connectivity index (χ3n) is 2.43. The lowest BCUT2D eigenvalue weighted by Crippen LogP contribution is -2.05. The van der Waals surface area contributed by atoms with Gasteiger partial charge >= 0.3 is 0 Å². The summed E-state index contributed by atoms with van der Waals surface area (Å²) in [5.74, 6) is 0.840. The fourth-order valence-corrected chi connectivity index (χ4v) is 2.54. The van der Waals surface area contributed by atoms with E-state index in [-0.39, 0.29) is 0 Å². The fraction of sp³-hybridized carbons (Fsp3) is 0.583. The molecule has 2 heteroatoms. The van der Waals surface area contributed by atoms with Gasteiger partial charge in [-0.25, -0.2) is 0 Å². The molecule has 1 aromatic heterocycles. The van der Waals surface area contributed by atoms with Crippen LogP contribution in [0.25, 0.3) is 0 Å². The molecule has 1 heterocycles. The minimum atomic E-state index is 0.318. The van der Waals surface area contributed by atoms with Gasteiger partial charge in [-0.2, -0.15) is 0 Å². The Kier molecular flexibility index (Phi) is 4.33. The summed E-state index contributed by atoms with van der Waals surface area (Å²) in [7, 11) is 0. The summed E-state index contributed by atoms with van der Waals surface area (Å²) >= 11 is 1.57. The molecule has 0 spiro atoms. The predicted molar refractivity (Wildman–Crippen MR) is 62.1 cm³/mol. The predicted octanol–water partition coefficient (Wildman–Crippen LogP) is 4.07. The lowest BCUT2D eigenvalue weighted by Gasteiger charge is -2.07. The van der Waals surface area contributed by atoms with Crippen LogP contribution in [0.5, 0.6) is 0 Å². The lowest BCUT2D eigenvalue weighted by atomic mass is 9.98. The van der Waals surface area contributed by atoms with Crippen molar-refractivity contribution in [3.05, 3.63) is 21.9 Å². The molecule has 1 rings (SSSR count). The number of hydrogen-bond donors (Lipinski definition) is 0. The van der Waals surface area contributed by atoms with Crippen molar-refractivity contribution in [1.29, 1.82) is 0 Å². The Balaban J connectivity index is 2.55. The van der Waals surface area contributed by atoms with Crippen molar-refractivity contribution in [2.75, 3.05) is 0 Å². The minimum absolute atomic E-state index is 0.318. The number of carbonyl (C=O) groups excluding carboxylic acids is 1. The molecule has 0 radical (unpaired) electrons. The maximum absolute atomic E-state index is 11.8. The van der Waals surface area contributed by atoms with Crippen LogP contribution in [0.1, 0.15) is 48.3 Å². The standard InChI is InChI=1S/C12H18OS/c1-4-5-9(2)8-11(13)12-10(3)6-7-14-12/h6-7,9H,4-5,8H2,1-3H3. The summed E-state index contributed by atoms with van der Waals surface area (Å²) in [6.07, 6.45) is 3.02. The Morgan fingerprint density at radius 2 is 2.29 bits per heavy atom.